The smallest absolute Gasteiger partial charge is 0.328 e. The van der Waals surface area contributed by atoms with Gasteiger partial charge in [-0.3, -0.25) is 24.8 Å². The number of pyridine rings is 1. The van der Waals surface area contributed by atoms with Crippen LogP contribution in [0.15, 0.2) is 48.8 Å². The molecule has 1 aromatic heterocycles. The molecule has 146 valence electrons. The molecule has 7 nitrogen and oxygen atoms in total. The Kier molecular flexibility index (Phi) is 6.37. The number of amides is 4. The number of hydrogen-bond donors (Lipinski definition) is 2. The second-order valence-corrected chi connectivity index (χ2v) is 6.73. The Morgan fingerprint density at radius 3 is 2.79 bits per heavy atom. The first-order valence-corrected chi connectivity index (χ1v) is 9.51. The Balaban J connectivity index is 1.83. The van der Waals surface area contributed by atoms with E-state index in [4.69, 9.17) is 0 Å². The fraction of sp³-hybridized carbons (Fsp3) is 0.333. The lowest BCUT2D eigenvalue weighted by molar-refractivity contribution is -0.120. The quantitative estimate of drug-likeness (QED) is 0.772. The van der Waals surface area contributed by atoms with Gasteiger partial charge in [0.2, 0.25) is 5.91 Å². The summed E-state index contributed by atoms with van der Waals surface area (Å²) in [7, 11) is 0. The summed E-state index contributed by atoms with van der Waals surface area (Å²) in [5.74, 6) is -0.565. The summed E-state index contributed by atoms with van der Waals surface area (Å²) >= 11 is 0. The number of nitrogens with zero attached hydrogens (tertiary/aromatic N) is 2. The molecule has 1 saturated heterocycles. The number of para-hydroxylation sites is 1. The van der Waals surface area contributed by atoms with E-state index < -0.39 is 6.03 Å². The minimum Gasteiger partial charge on any atom is -0.345 e. The van der Waals surface area contributed by atoms with Gasteiger partial charge < -0.3 is 5.32 Å². The minimum absolute atomic E-state index is 0.161. The van der Waals surface area contributed by atoms with Gasteiger partial charge in [-0.15, -0.1) is 0 Å². The molecule has 28 heavy (non-hydrogen) atoms. The molecule has 0 radical (unpaired) electrons. The third kappa shape index (κ3) is 4.54. The van der Waals surface area contributed by atoms with E-state index in [1.54, 1.807) is 36.7 Å². The van der Waals surface area contributed by atoms with Crippen molar-refractivity contribution in [1.82, 2.24) is 15.6 Å². The number of carbonyl (C=O) groups excluding carboxylic acids is 3. The van der Waals surface area contributed by atoms with Crippen molar-refractivity contribution in [2.45, 2.75) is 38.6 Å². The maximum Gasteiger partial charge on any atom is 0.328 e. The van der Waals surface area contributed by atoms with Crippen LogP contribution in [-0.4, -0.2) is 29.4 Å². The summed E-state index contributed by atoms with van der Waals surface area (Å²) < 4.78 is 0. The van der Waals surface area contributed by atoms with Crippen molar-refractivity contribution in [3.63, 3.8) is 0 Å². The number of imide groups is 1. The molecule has 0 bridgehead atoms. The number of urea groups is 1. The molecule has 0 aliphatic carbocycles. The lowest BCUT2D eigenvalue weighted by Gasteiger charge is -2.28. The lowest BCUT2D eigenvalue weighted by Crippen LogP contribution is -2.50. The van der Waals surface area contributed by atoms with Crippen LogP contribution in [-0.2, 0) is 4.79 Å². The maximum atomic E-state index is 13.1. The van der Waals surface area contributed by atoms with Crippen LogP contribution in [0.25, 0.3) is 0 Å². The van der Waals surface area contributed by atoms with Crippen molar-refractivity contribution in [1.29, 1.82) is 0 Å². The van der Waals surface area contributed by atoms with E-state index in [0.717, 1.165) is 24.8 Å². The molecule has 1 aliphatic rings. The van der Waals surface area contributed by atoms with Crippen LogP contribution in [0.5, 0.6) is 0 Å². The topological polar surface area (TPSA) is 91.4 Å². The molecule has 0 spiro atoms. The van der Waals surface area contributed by atoms with Crippen molar-refractivity contribution in [3.8, 4) is 0 Å². The van der Waals surface area contributed by atoms with E-state index >= 15 is 0 Å². The van der Waals surface area contributed by atoms with Gasteiger partial charge >= 0.3 is 6.03 Å². The first-order valence-electron chi connectivity index (χ1n) is 9.51. The van der Waals surface area contributed by atoms with Crippen LogP contribution in [0.1, 0.15) is 54.6 Å². The Hall–Kier alpha value is -3.22. The SMILES string of the molecule is CCCC[C@H](NC(=O)c1ccccc1N1CCC(=O)NC1=O)c1cccnc1. The largest absolute Gasteiger partial charge is 0.345 e. The van der Waals surface area contributed by atoms with Gasteiger partial charge in [0.25, 0.3) is 5.91 Å². The first-order chi connectivity index (χ1) is 13.6. The Morgan fingerprint density at radius 1 is 1.25 bits per heavy atom. The van der Waals surface area contributed by atoms with Gasteiger partial charge in [-0.05, 0) is 30.2 Å². The number of aromatic nitrogens is 1. The normalized spacial score (nSPS) is 15.1. The van der Waals surface area contributed by atoms with Crippen LogP contribution in [0.3, 0.4) is 0 Å². The Labute approximate surface area is 164 Å². The zero-order chi connectivity index (χ0) is 19.9. The van der Waals surface area contributed by atoms with Crippen molar-refractivity contribution in [2.75, 3.05) is 11.4 Å². The molecule has 1 atom stereocenters. The van der Waals surface area contributed by atoms with E-state index in [0.29, 0.717) is 11.3 Å². The molecule has 2 heterocycles. The zero-order valence-corrected chi connectivity index (χ0v) is 15.9. The molecule has 0 saturated carbocycles. The number of hydrogen-bond acceptors (Lipinski definition) is 4. The van der Waals surface area contributed by atoms with Gasteiger partial charge in [0, 0.05) is 25.4 Å². The standard InChI is InChI=1S/C21H24N4O3/c1-2-3-9-17(15-7-6-12-22-14-15)23-20(27)16-8-4-5-10-18(16)25-13-11-19(26)24-21(25)28/h4-8,10,12,14,17H,2-3,9,11,13H2,1H3,(H,23,27)(H,24,26,28)/t17-/m0/s1. The predicted octanol–water partition coefficient (Wildman–Crippen LogP) is 3.19. The van der Waals surface area contributed by atoms with Crippen LogP contribution in [0.4, 0.5) is 10.5 Å². The second kappa shape index (κ2) is 9.12. The van der Waals surface area contributed by atoms with Crippen LogP contribution >= 0.6 is 0 Å². The number of benzene rings is 1. The molecule has 3 rings (SSSR count). The second-order valence-electron chi connectivity index (χ2n) is 6.73. The summed E-state index contributed by atoms with van der Waals surface area (Å²) in [5.41, 5.74) is 1.84. The maximum absolute atomic E-state index is 13.1. The summed E-state index contributed by atoms with van der Waals surface area (Å²) in [6.45, 7) is 2.35. The number of anilines is 1. The summed E-state index contributed by atoms with van der Waals surface area (Å²) in [4.78, 5) is 42.3. The fourth-order valence-corrected chi connectivity index (χ4v) is 3.24. The van der Waals surface area contributed by atoms with Crippen molar-refractivity contribution < 1.29 is 14.4 Å². The van der Waals surface area contributed by atoms with Gasteiger partial charge in [-0.1, -0.05) is 38.0 Å². The molecule has 1 aliphatic heterocycles. The van der Waals surface area contributed by atoms with Gasteiger partial charge in [0.1, 0.15) is 0 Å². The molecule has 2 N–H and O–H groups in total. The highest BCUT2D eigenvalue weighted by atomic mass is 16.2. The van der Waals surface area contributed by atoms with E-state index in [1.807, 2.05) is 12.1 Å². The highest BCUT2D eigenvalue weighted by molar-refractivity contribution is 6.09. The van der Waals surface area contributed by atoms with Crippen LogP contribution < -0.4 is 15.5 Å². The van der Waals surface area contributed by atoms with Gasteiger partial charge in [-0.2, -0.15) is 0 Å². The van der Waals surface area contributed by atoms with Crippen molar-refractivity contribution >= 4 is 23.5 Å². The van der Waals surface area contributed by atoms with Gasteiger partial charge in [-0.25, -0.2) is 4.79 Å². The van der Waals surface area contributed by atoms with Crippen molar-refractivity contribution in [2.24, 2.45) is 0 Å². The highest BCUT2D eigenvalue weighted by Gasteiger charge is 2.28. The van der Waals surface area contributed by atoms with E-state index in [9.17, 15) is 14.4 Å². The Morgan fingerprint density at radius 2 is 2.07 bits per heavy atom. The molecule has 1 aromatic carbocycles. The molecule has 4 amide bonds. The molecule has 0 unspecified atom stereocenters. The van der Waals surface area contributed by atoms with E-state index in [2.05, 4.69) is 22.5 Å². The predicted molar refractivity (Wildman–Crippen MR) is 106 cm³/mol. The van der Waals surface area contributed by atoms with Crippen LogP contribution in [0, 0.1) is 0 Å². The third-order valence-corrected chi connectivity index (χ3v) is 4.73. The number of carbonyl (C=O) groups is 3. The number of nitrogens with one attached hydrogen (secondary N) is 2. The summed E-state index contributed by atoms with van der Waals surface area (Å²) in [6, 6.07) is 10.1. The monoisotopic (exact) mass is 380 g/mol. The third-order valence-electron chi connectivity index (χ3n) is 4.73. The summed E-state index contributed by atoms with van der Waals surface area (Å²) in [5, 5.41) is 5.38. The van der Waals surface area contributed by atoms with Gasteiger partial charge in [0.15, 0.2) is 0 Å². The van der Waals surface area contributed by atoms with E-state index in [1.165, 1.54) is 4.90 Å². The fourth-order valence-electron chi connectivity index (χ4n) is 3.24. The molecular formula is C21H24N4O3. The van der Waals surface area contributed by atoms with Gasteiger partial charge in [0.05, 0.1) is 17.3 Å². The highest BCUT2D eigenvalue weighted by Crippen LogP contribution is 2.25. The molecular weight excluding hydrogens is 356 g/mol. The zero-order valence-electron chi connectivity index (χ0n) is 15.9. The number of rotatable bonds is 7. The average Bonchev–Trinajstić information content (AvgIpc) is 2.71. The van der Waals surface area contributed by atoms with Crippen molar-refractivity contribution in [3.05, 3.63) is 59.9 Å². The van der Waals surface area contributed by atoms with Crippen LogP contribution in [0.2, 0.25) is 0 Å². The molecule has 1 fully saturated rings. The average molecular weight is 380 g/mol. The molecule has 2 aromatic rings. The lowest BCUT2D eigenvalue weighted by atomic mass is 10.0. The van der Waals surface area contributed by atoms with E-state index in [-0.39, 0.29) is 30.8 Å². The number of unbranched alkanes of at least 4 members (excludes halogenated alkanes) is 1. The Bertz CT molecular complexity index is 854. The minimum atomic E-state index is -0.508. The summed E-state index contributed by atoms with van der Waals surface area (Å²) in [6.07, 6.45) is 6.46. The first kappa shape index (κ1) is 19.5. The molecule has 7 heteroatoms.